The molecular formula is C17H22N4O2S2. The first-order chi connectivity index (χ1) is 12.3. The van der Waals surface area contributed by atoms with Gasteiger partial charge >= 0.3 is 0 Å². The molecule has 1 heterocycles. The van der Waals surface area contributed by atoms with Gasteiger partial charge in [-0.3, -0.25) is 4.79 Å². The van der Waals surface area contributed by atoms with Crippen LogP contribution in [0.5, 0.6) is 0 Å². The SMILES string of the molecule is COCCNc1nnc(SCC(=O)N[C@H]2CCCc3ccccc32)s1. The Morgan fingerprint density at radius 1 is 1.40 bits per heavy atom. The lowest BCUT2D eigenvalue weighted by molar-refractivity contribution is -0.119. The highest BCUT2D eigenvalue weighted by Crippen LogP contribution is 2.30. The fraction of sp³-hybridized carbons (Fsp3) is 0.471. The van der Waals surface area contributed by atoms with Gasteiger partial charge in [0, 0.05) is 13.7 Å². The Morgan fingerprint density at radius 3 is 3.16 bits per heavy atom. The van der Waals surface area contributed by atoms with Crippen molar-refractivity contribution in [3.8, 4) is 0 Å². The molecule has 0 saturated heterocycles. The predicted octanol–water partition coefficient (Wildman–Crippen LogP) is 2.88. The molecule has 2 aromatic rings. The number of ether oxygens (including phenoxy) is 1. The largest absolute Gasteiger partial charge is 0.383 e. The van der Waals surface area contributed by atoms with E-state index in [1.54, 1.807) is 7.11 Å². The smallest absolute Gasteiger partial charge is 0.230 e. The summed E-state index contributed by atoms with van der Waals surface area (Å²) in [7, 11) is 1.66. The van der Waals surface area contributed by atoms with Crippen LogP contribution in [0.25, 0.3) is 0 Å². The molecule has 1 amide bonds. The van der Waals surface area contributed by atoms with Crippen molar-refractivity contribution in [2.24, 2.45) is 0 Å². The molecule has 134 valence electrons. The van der Waals surface area contributed by atoms with E-state index in [4.69, 9.17) is 4.74 Å². The number of aromatic nitrogens is 2. The van der Waals surface area contributed by atoms with E-state index in [1.807, 2.05) is 6.07 Å². The monoisotopic (exact) mass is 378 g/mol. The average Bonchev–Trinajstić information content (AvgIpc) is 3.08. The van der Waals surface area contributed by atoms with Gasteiger partial charge in [0.05, 0.1) is 18.4 Å². The normalized spacial score (nSPS) is 16.3. The summed E-state index contributed by atoms with van der Waals surface area (Å²) in [6, 6.07) is 8.50. The van der Waals surface area contributed by atoms with Crippen LogP contribution >= 0.6 is 23.1 Å². The standard InChI is InChI=1S/C17H22N4O2S2/c1-23-10-9-18-16-20-21-17(25-16)24-11-15(22)19-14-8-4-6-12-5-2-3-7-13(12)14/h2-3,5,7,14H,4,6,8-11H2,1H3,(H,18,20)(H,19,22)/t14-/m0/s1. The molecule has 25 heavy (non-hydrogen) atoms. The fourth-order valence-electron chi connectivity index (χ4n) is 2.87. The summed E-state index contributed by atoms with van der Waals surface area (Å²) in [4.78, 5) is 12.3. The van der Waals surface area contributed by atoms with Crippen molar-refractivity contribution >= 4 is 34.1 Å². The van der Waals surface area contributed by atoms with E-state index in [0.29, 0.717) is 18.9 Å². The Bertz CT molecular complexity index is 707. The third kappa shape index (κ3) is 5.17. The maximum atomic E-state index is 12.3. The number of methoxy groups -OCH3 is 1. The van der Waals surface area contributed by atoms with Crippen LogP contribution in [0, 0.1) is 0 Å². The van der Waals surface area contributed by atoms with Crippen LogP contribution in [0.15, 0.2) is 28.6 Å². The molecular weight excluding hydrogens is 356 g/mol. The van der Waals surface area contributed by atoms with Crippen molar-refractivity contribution < 1.29 is 9.53 Å². The number of carbonyl (C=O) groups is 1. The van der Waals surface area contributed by atoms with E-state index in [9.17, 15) is 4.79 Å². The van der Waals surface area contributed by atoms with Gasteiger partial charge in [-0.1, -0.05) is 47.4 Å². The van der Waals surface area contributed by atoms with Crippen molar-refractivity contribution in [2.45, 2.75) is 29.6 Å². The first-order valence-electron chi connectivity index (χ1n) is 8.32. The van der Waals surface area contributed by atoms with Crippen molar-refractivity contribution in [1.82, 2.24) is 15.5 Å². The lowest BCUT2D eigenvalue weighted by Gasteiger charge is -2.26. The zero-order valence-electron chi connectivity index (χ0n) is 14.2. The minimum atomic E-state index is 0.0378. The molecule has 6 nitrogen and oxygen atoms in total. The molecule has 0 spiro atoms. The number of carbonyl (C=O) groups excluding carboxylic acids is 1. The summed E-state index contributed by atoms with van der Waals surface area (Å²) in [6.07, 6.45) is 3.21. The van der Waals surface area contributed by atoms with Crippen molar-refractivity contribution in [1.29, 1.82) is 0 Å². The molecule has 1 aliphatic carbocycles. The number of fused-ring (bicyclic) bond motifs is 1. The van der Waals surface area contributed by atoms with Gasteiger partial charge in [-0.15, -0.1) is 10.2 Å². The molecule has 1 aliphatic rings. The van der Waals surface area contributed by atoms with Crippen LogP contribution in [0.1, 0.15) is 30.0 Å². The van der Waals surface area contributed by atoms with Crippen LogP contribution in [-0.2, 0) is 16.0 Å². The molecule has 0 unspecified atom stereocenters. The van der Waals surface area contributed by atoms with E-state index in [2.05, 4.69) is 39.0 Å². The number of anilines is 1. The summed E-state index contributed by atoms with van der Waals surface area (Å²) in [6.45, 7) is 1.31. The molecule has 3 rings (SSSR count). The molecule has 0 aliphatic heterocycles. The van der Waals surface area contributed by atoms with Crippen molar-refractivity contribution in [3.05, 3.63) is 35.4 Å². The first kappa shape index (κ1) is 18.2. The molecule has 0 fully saturated rings. The van der Waals surface area contributed by atoms with Gasteiger partial charge in [0.25, 0.3) is 0 Å². The Balaban J connectivity index is 1.47. The van der Waals surface area contributed by atoms with Crippen LogP contribution < -0.4 is 10.6 Å². The average molecular weight is 379 g/mol. The molecule has 0 bridgehead atoms. The molecule has 1 aromatic carbocycles. The van der Waals surface area contributed by atoms with Crippen LogP contribution in [-0.4, -0.2) is 42.1 Å². The highest BCUT2D eigenvalue weighted by Gasteiger charge is 2.21. The zero-order valence-corrected chi connectivity index (χ0v) is 15.8. The molecule has 8 heteroatoms. The summed E-state index contributed by atoms with van der Waals surface area (Å²) in [5, 5.41) is 15.2. The number of hydrogen-bond acceptors (Lipinski definition) is 7. The first-order valence-corrected chi connectivity index (χ1v) is 10.1. The third-order valence-corrected chi connectivity index (χ3v) is 6.03. The van der Waals surface area contributed by atoms with E-state index in [-0.39, 0.29) is 11.9 Å². The van der Waals surface area contributed by atoms with Crippen molar-refractivity contribution in [2.75, 3.05) is 31.3 Å². The minimum Gasteiger partial charge on any atom is -0.383 e. The van der Waals surface area contributed by atoms with Gasteiger partial charge in [0.15, 0.2) is 4.34 Å². The summed E-state index contributed by atoms with van der Waals surface area (Å²) < 4.78 is 5.77. The quantitative estimate of drug-likeness (QED) is 0.543. The van der Waals surface area contributed by atoms with E-state index in [1.165, 1.54) is 34.2 Å². The van der Waals surface area contributed by atoms with Gasteiger partial charge in [0.2, 0.25) is 11.0 Å². The fourth-order valence-corrected chi connectivity index (χ4v) is 4.46. The van der Waals surface area contributed by atoms with E-state index < -0.39 is 0 Å². The number of thioether (sulfide) groups is 1. The van der Waals surface area contributed by atoms with Gasteiger partial charge in [-0.2, -0.15) is 0 Å². The maximum Gasteiger partial charge on any atom is 0.230 e. The third-order valence-electron chi connectivity index (χ3n) is 4.02. The lowest BCUT2D eigenvalue weighted by Crippen LogP contribution is -2.32. The maximum absolute atomic E-state index is 12.3. The van der Waals surface area contributed by atoms with E-state index >= 15 is 0 Å². The Kier molecular flexibility index (Phi) is 6.66. The molecule has 1 aromatic heterocycles. The molecule has 1 atom stereocenters. The minimum absolute atomic E-state index is 0.0378. The molecule has 2 N–H and O–H groups in total. The van der Waals surface area contributed by atoms with Gasteiger partial charge in [0.1, 0.15) is 0 Å². The Hall–Kier alpha value is -1.64. The van der Waals surface area contributed by atoms with Crippen LogP contribution in [0.2, 0.25) is 0 Å². The number of hydrogen-bond donors (Lipinski definition) is 2. The summed E-state index contributed by atoms with van der Waals surface area (Å²) in [5.74, 6) is 0.390. The number of aryl methyl sites for hydroxylation is 1. The predicted molar refractivity (Wildman–Crippen MR) is 101 cm³/mol. The number of nitrogens with one attached hydrogen (secondary N) is 2. The number of benzene rings is 1. The number of amides is 1. The summed E-state index contributed by atoms with van der Waals surface area (Å²) in [5.41, 5.74) is 2.61. The van der Waals surface area contributed by atoms with Crippen molar-refractivity contribution in [3.63, 3.8) is 0 Å². The topological polar surface area (TPSA) is 76.1 Å². The second-order valence-corrected chi connectivity index (χ2v) is 7.99. The zero-order chi connectivity index (χ0) is 17.5. The Morgan fingerprint density at radius 2 is 2.28 bits per heavy atom. The van der Waals surface area contributed by atoms with Gasteiger partial charge < -0.3 is 15.4 Å². The second-order valence-electron chi connectivity index (χ2n) is 5.79. The lowest BCUT2D eigenvalue weighted by atomic mass is 9.88. The molecule has 0 radical (unpaired) electrons. The van der Waals surface area contributed by atoms with Crippen LogP contribution in [0.4, 0.5) is 5.13 Å². The number of nitrogens with zero attached hydrogens (tertiary/aromatic N) is 2. The molecule has 0 saturated carbocycles. The summed E-state index contributed by atoms with van der Waals surface area (Å²) >= 11 is 2.87. The highest BCUT2D eigenvalue weighted by atomic mass is 32.2. The van der Waals surface area contributed by atoms with Gasteiger partial charge in [-0.25, -0.2) is 0 Å². The highest BCUT2D eigenvalue weighted by molar-refractivity contribution is 8.01. The van der Waals surface area contributed by atoms with E-state index in [0.717, 1.165) is 28.7 Å². The Labute approximate surface area is 155 Å². The second kappa shape index (κ2) is 9.17. The van der Waals surface area contributed by atoms with Gasteiger partial charge in [-0.05, 0) is 30.4 Å². The van der Waals surface area contributed by atoms with Crippen LogP contribution in [0.3, 0.4) is 0 Å². The number of rotatable bonds is 8.